The fraction of sp³-hybridized carbons (Fsp3) is 0.300. The highest BCUT2D eigenvalue weighted by Crippen LogP contribution is 2.27. The maximum atomic E-state index is 12.0. The Bertz CT molecular complexity index is 765. The number of nitrogens with two attached hydrogens (primary N) is 1. The summed E-state index contributed by atoms with van der Waals surface area (Å²) in [5, 5.41) is 4.10. The van der Waals surface area contributed by atoms with Crippen molar-refractivity contribution in [1.29, 1.82) is 0 Å². The molecular formula is C20H25N3O2. The molecule has 3 N–H and O–H groups in total. The molecule has 0 aromatic heterocycles. The molecule has 0 saturated carbocycles. The number of aryl methyl sites for hydroxylation is 1. The molecule has 0 aliphatic rings. The second kappa shape index (κ2) is 8.33. The number of carbonyl (C=O) groups excluding carboxylic acids is 1. The molecule has 5 nitrogen and oxygen atoms in total. The molecule has 2 rings (SSSR count). The lowest BCUT2D eigenvalue weighted by molar-refractivity contribution is -0.123. The minimum atomic E-state index is -0.301. The number of nitrogen functional groups attached to an aromatic ring is 1. The summed E-state index contributed by atoms with van der Waals surface area (Å²) in [6.45, 7) is 7.98. The molecule has 1 amide bonds. The van der Waals surface area contributed by atoms with Gasteiger partial charge in [-0.3, -0.25) is 4.79 Å². The molecule has 2 aromatic carbocycles. The Hall–Kier alpha value is -2.82. The summed E-state index contributed by atoms with van der Waals surface area (Å²) in [6, 6.07) is 13.3. The zero-order chi connectivity index (χ0) is 18.4. The highest BCUT2D eigenvalue weighted by Gasteiger charge is 2.10. The lowest BCUT2D eigenvalue weighted by Crippen LogP contribution is -2.26. The molecule has 25 heavy (non-hydrogen) atoms. The van der Waals surface area contributed by atoms with Gasteiger partial charge in [0.25, 0.3) is 5.91 Å². The Morgan fingerprint density at radius 2 is 1.88 bits per heavy atom. The Balaban J connectivity index is 1.95. The zero-order valence-corrected chi connectivity index (χ0v) is 15.2. The number of hydrazone groups is 1. The summed E-state index contributed by atoms with van der Waals surface area (Å²) >= 11 is 0. The molecule has 0 aliphatic heterocycles. The third-order valence-electron chi connectivity index (χ3n) is 3.82. The van der Waals surface area contributed by atoms with E-state index in [0.717, 1.165) is 16.9 Å². The van der Waals surface area contributed by atoms with Crippen LogP contribution < -0.4 is 15.9 Å². The molecule has 0 fully saturated rings. The number of anilines is 1. The standard InChI is InChI=1S/C20H25N3O2/c1-13(2)18-11-14(3)5-10-19(18)25-12-20(24)23-22-15(4)16-6-8-17(21)9-7-16/h5-11,13H,12,21H2,1-4H3,(H,23,24)/b22-15+. The van der Waals surface area contributed by atoms with Crippen molar-refractivity contribution in [2.45, 2.75) is 33.6 Å². The summed E-state index contributed by atoms with van der Waals surface area (Å²) in [4.78, 5) is 12.0. The first-order valence-corrected chi connectivity index (χ1v) is 8.29. The van der Waals surface area contributed by atoms with E-state index >= 15 is 0 Å². The Labute approximate surface area is 148 Å². The molecule has 0 aliphatic carbocycles. The Morgan fingerprint density at radius 3 is 2.52 bits per heavy atom. The smallest absolute Gasteiger partial charge is 0.277 e. The van der Waals surface area contributed by atoms with E-state index in [9.17, 15) is 4.79 Å². The molecule has 132 valence electrons. The molecule has 2 aromatic rings. The largest absolute Gasteiger partial charge is 0.483 e. The lowest BCUT2D eigenvalue weighted by Gasteiger charge is -2.14. The van der Waals surface area contributed by atoms with Crippen molar-refractivity contribution in [1.82, 2.24) is 5.43 Å². The average Bonchev–Trinajstić information content (AvgIpc) is 2.59. The van der Waals surface area contributed by atoms with Gasteiger partial charge in [0.1, 0.15) is 5.75 Å². The average molecular weight is 339 g/mol. The van der Waals surface area contributed by atoms with Crippen molar-refractivity contribution in [2.75, 3.05) is 12.3 Å². The van der Waals surface area contributed by atoms with Crippen LogP contribution in [0.5, 0.6) is 5.75 Å². The number of benzene rings is 2. The SMILES string of the molecule is C/C(=N\NC(=O)COc1ccc(C)cc1C(C)C)c1ccc(N)cc1. The van der Waals surface area contributed by atoms with Gasteiger partial charge in [-0.15, -0.1) is 0 Å². The van der Waals surface area contributed by atoms with Crippen LogP contribution in [0.4, 0.5) is 5.69 Å². The number of carbonyl (C=O) groups is 1. The van der Waals surface area contributed by atoms with Gasteiger partial charge in [0, 0.05) is 5.69 Å². The maximum absolute atomic E-state index is 12.0. The van der Waals surface area contributed by atoms with Crippen molar-refractivity contribution >= 4 is 17.3 Å². The molecule has 0 bridgehead atoms. The van der Waals surface area contributed by atoms with Crippen molar-refractivity contribution in [3.63, 3.8) is 0 Å². The summed E-state index contributed by atoms with van der Waals surface area (Å²) in [7, 11) is 0. The van der Waals surface area contributed by atoms with Gasteiger partial charge >= 0.3 is 0 Å². The van der Waals surface area contributed by atoms with Crippen molar-refractivity contribution in [3.05, 3.63) is 59.2 Å². The van der Waals surface area contributed by atoms with E-state index in [0.29, 0.717) is 17.3 Å². The second-order valence-corrected chi connectivity index (χ2v) is 6.34. The monoisotopic (exact) mass is 339 g/mol. The molecule has 0 radical (unpaired) electrons. The quantitative estimate of drug-likeness (QED) is 0.479. The van der Waals surface area contributed by atoms with E-state index in [4.69, 9.17) is 10.5 Å². The van der Waals surface area contributed by atoms with Gasteiger partial charge in [0.2, 0.25) is 0 Å². The number of rotatable bonds is 6. The van der Waals surface area contributed by atoms with Crippen LogP contribution in [0, 0.1) is 6.92 Å². The topological polar surface area (TPSA) is 76.7 Å². The van der Waals surface area contributed by atoms with E-state index in [1.165, 1.54) is 5.56 Å². The van der Waals surface area contributed by atoms with Crippen molar-refractivity contribution in [3.8, 4) is 5.75 Å². The van der Waals surface area contributed by atoms with Crippen LogP contribution in [0.1, 0.15) is 43.4 Å². The number of amides is 1. The molecular weight excluding hydrogens is 314 g/mol. The predicted molar refractivity (Wildman–Crippen MR) is 102 cm³/mol. The fourth-order valence-corrected chi connectivity index (χ4v) is 2.36. The van der Waals surface area contributed by atoms with E-state index in [1.807, 2.05) is 38.1 Å². The van der Waals surface area contributed by atoms with Gasteiger partial charge in [0.15, 0.2) is 6.61 Å². The fourth-order valence-electron chi connectivity index (χ4n) is 2.36. The second-order valence-electron chi connectivity index (χ2n) is 6.34. The van der Waals surface area contributed by atoms with E-state index in [1.54, 1.807) is 12.1 Å². The molecule has 0 saturated heterocycles. The van der Waals surface area contributed by atoms with Crippen LogP contribution >= 0.6 is 0 Å². The third-order valence-corrected chi connectivity index (χ3v) is 3.82. The number of ether oxygens (including phenoxy) is 1. The van der Waals surface area contributed by atoms with Gasteiger partial charge in [-0.25, -0.2) is 5.43 Å². The summed E-state index contributed by atoms with van der Waals surface area (Å²) in [5.41, 5.74) is 12.7. The van der Waals surface area contributed by atoms with Gasteiger partial charge in [-0.2, -0.15) is 5.10 Å². The van der Waals surface area contributed by atoms with Crippen molar-refractivity contribution < 1.29 is 9.53 Å². The predicted octanol–water partition coefficient (Wildman–Crippen LogP) is 3.62. The number of nitrogens with one attached hydrogen (secondary N) is 1. The first-order valence-electron chi connectivity index (χ1n) is 8.29. The van der Waals surface area contributed by atoms with E-state index in [2.05, 4.69) is 30.4 Å². The van der Waals surface area contributed by atoms with Crippen LogP contribution in [0.15, 0.2) is 47.6 Å². The van der Waals surface area contributed by atoms with E-state index in [-0.39, 0.29) is 12.5 Å². The number of hydrogen-bond acceptors (Lipinski definition) is 4. The van der Waals surface area contributed by atoms with Crippen LogP contribution in [-0.4, -0.2) is 18.2 Å². The summed E-state index contributed by atoms with van der Waals surface area (Å²) in [6.07, 6.45) is 0. The maximum Gasteiger partial charge on any atom is 0.277 e. The Morgan fingerprint density at radius 1 is 1.20 bits per heavy atom. The molecule has 5 heteroatoms. The zero-order valence-electron chi connectivity index (χ0n) is 15.2. The summed E-state index contributed by atoms with van der Waals surface area (Å²) in [5.74, 6) is 0.754. The molecule has 0 atom stereocenters. The lowest BCUT2D eigenvalue weighted by atomic mass is 10.00. The van der Waals surface area contributed by atoms with Gasteiger partial charge in [-0.1, -0.05) is 43.7 Å². The minimum Gasteiger partial charge on any atom is -0.483 e. The van der Waals surface area contributed by atoms with Gasteiger partial charge in [0.05, 0.1) is 5.71 Å². The van der Waals surface area contributed by atoms with E-state index < -0.39 is 0 Å². The normalized spacial score (nSPS) is 11.5. The van der Waals surface area contributed by atoms with Crippen LogP contribution in [-0.2, 0) is 4.79 Å². The van der Waals surface area contributed by atoms with Crippen LogP contribution in [0.3, 0.4) is 0 Å². The van der Waals surface area contributed by atoms with Gasteiger partial charge < -0.3 is 10.5 Å². The molecule has 0 unspecified atom stereocenters. The molecule has 0 spiro atoms. The highest BCUT2D eigenvalue weighted by molar-refractivity contribution is 5.99. The van der Waals surface area contributed by atoms with Gasteiger partial charge in [-0.05, 0) is 49.1 Å². The summed E-state index contributed by atoms with van der Waals surface area (Å²) < 4.78 is 5.67. The number of hydrogen-bond donors (Lipinski definition) is 2. The third kappa shape index (κ3) is 5.35. The van der Waals surface area contributed by atoms with Crippen molar-refractivity contribution in [2.24, 2.45) is 5.10 Å². The molecule has 0 heterocycles. The Kier molecular flexibility index (Phi) is 6.17. The van der Waals surface area contributed by atoms with Crippen LogP contribution in [0.25, 0.3) is 0 Å². The minimum absolute atomic E-state index is 0.0820. The highest BCUT2D eigenvalue weighted by atomic mass is 16.5. The number of nitrogens with zero attached hydrogens (tertiary/aromatic N) is 1. The van der Waals surface area contributed by atoms with Crippen LogP contribution in [0.2, 0.25) is 0 Å². The first-order chi connectivity index (χ1) is 11.9. The first kappa shape index (κ1) is 18.5.